The van der Waals surface area contributed by atoms with Crippen molar-refractivity contribution in [2.45, 2.75) is 26.8 Å². The third kappa shape index (κ3) is 4.49. The van der Waals surface area contributed by atoms with E-state index >= 15 is 0 Å². The zero-order valence-electron chi connectivity index (χ0n) is 16.5. The lowest BCUT2D eigenvalue weighted by atomic mass is 10.0. The van der Waals surface area contributed by atoms with Crippen molar-refractivity contribution in [3.05, 3.63) is 82.1 Å². The van der Waals surface area contributed by atoms with E-state index in [-0.39, 0.29) is 6.61 Å². The number of aromatic nitrogens is 2. The van der Waals surface area contributed by atoms with Gasteiger partial charge in [-0.25, -0.2) is 9.48 Å². The Balaban J connectivity index is 2.01. The van der Waals surface area contributed by atoms with Crippen molar-refractivity contribution in [2.75, 3.05) is 6.61 Å². The van der Waals surface area contributed by atoms with Gasteiger partial charge in [-0.15, -0.1) is 0 Å². The fourth-order valence-electron chi connectivity index (χ4n) is 3.21. The van der Waals surface area contributed by atoms with Gasteiger partial charge in [0, 0.05) is 21.8 Å². The average molecular weight is 412 g/mol. The van der Waals surface area contributed by atoms with Crippen LogP contribution in [0.3, 0.4) is 0 Å². The van der Waals surface area contributed by atoms with Crippen LogP contribution in [0.1, 0.15) is 40.3 Å². The Morgan fingerprint density at radius 2 is 1.86 bits per heavy atom. The Bertz CT molecular complexity index is 1030. The van der Waals surface area contributed by atoms with Gasteiger partial charge in [0.25, 0.3) is 5.91 Å². The first kappa shape index (κ1) is 20.6. The van der Waals surface area contributed by atoms with Gasteiger partial charge in [-0.3, -0.25) is 4.79 Å². The lowest BCUT2D eigenvalue weighted by Crippen LogP contribution is -2.35. The summed E-state index contributed by atoms with van der Waals surface area (Å²) in [6, 6.07) is 15.1. The maximum Gasteiger partial charge on any atom is 0.333 e. The molecule has 1 amide bonds. The van der Waals surface area contributed by atoms with Gasteiger partial charge in [-0.1, -0.05) is 35.9 Å². The maximum absolute atomic E-state index is 12.8. The predicted octanol–water partition coefficient (Wildman–Crippen LogP) is 4.18. The molecule has 29 heavy (non-hydrogen) atoms. The second kappa shape index (κ2) is 8.92. The van der Waals surface area contributed by atoms with Crippen molar-refractivity contribution in [3.8, 4) is 5.69 Å². The minimum Gasteiger partial charge on any atom is -0.464 e. The van der Waals surface area contributed by atoms with Gasteiger partial charge in [0.05, 0.1) is 18.0 Å². The van der Waals surface area contributed by atoms with E-state index in [0.717, 1.165) is 11.4 Å². The van der Waals surface area contributed by atoms with Gasteiger partial charge in [-0.2, -0.15) is 5.10 Å². The Labute approximate surface area is 174 Å². The summed E-state index contributed by atoms with van der Waals surface area (Å²) in [5.74, 6) is -0.960. The van der Waals surface area contributed by atoms with Crippen LogP contribution in [-0.2, 0) is 9.53 Å². The van der Waals surface area contributed by atoms with E-state index in [2.05, 4.69) is 10.4 Å². The van der Waals surface area contributed by atoms with E-state index in [9.17, 15) is 9.59 Å². The minimum absolute atomic E-state index is 0.202. The first-order valence-corrected chi connectivity index (χ1v) is 9.64. The largest absolute Gasteiger partial charge is 0.464 e. The van der Waals surface area contributed by atoms with Crippen LogP contribution >= 0.6 is 11.6 Å². The molecule has 0 spiro atoms. The number of carbonyl (C=O) groups is 2. The highest BCUT2D eigenvalue weighted by molar-refractivity contribution is 6.31. The molecule has 1 N–H and O–H groups in total. The number of amides is 1. The van der Waals surface area contributed by atoms with Gasteiger partial charge in [0.1, 0.15) is 0 Å². The lowest BCUT2D eigenvalue weighted by molar-refractivity contribution is -0.145. The van der Waals surface area contributed by atoms with Crippen molar-refractivity contribution in [1.29, 1.82) is 0 Å². The summed E-state index contributed by atoms with van der Waals surface area (Å²) in [7, 11) is 0. The molecule has 150 valence electrons. The third-order valence-corrected chi connectivity index (χ3v) is 4.76. The summed E-state index contributed by atoms with van der Waals surface area (Å²) >= 11 is 5.99. The number of benzene rings is 2. The second-order valence-electron chi connectivity index (χ2n) is 6.50. The molecule has 6 nitrogen and oxygen atoms in total. The highest BCUT2D eigenvalue weighted by Crippen LogP contribution is 2.26. The first-order chi connectivity index (χ1) is 13.9. The SMILES string of the molecule is CCOC(=O)[C@H](NC(=O)c1cccc(Cl)c1)c1c(C)nn(-c2ccccc2)c1C. The van der Waals surface area contributed by atoms with E-state index in [1.54, 1.807) is 42.8 Å². The molecule has 0 aliphatic rings. The van der Waals surface area contributed by atoms with Crippen molar-refractivity contribution < 1.29 is 14.3 Å². The number of para-hydroxylation sites is 1. The molecule has 0 radical (unpaired) electrons. The van der Waals surface area contributed by atoms with E-state index in [0.29, 0.717) is 21.8 Å². The number of rotatable bonds is 6. The lowest BCUT2D eigenvalue weighted by Gasteiger charge is -2.18. The molecule has 0 fully saturated rings. The fraction of sp³-hybridized carbons (Fsp3) is 0.227. The van der Waals surface area contributed by atoms with Crippen molar-refractivity contribution >= 4 is 23.5 Å². The smallest absolute Gasteiger partial charge is 0.333 e. The van der Waals surface area contributed by atoms with E-state index in [4.69, 9.17) is 16.3 Å². The summed E-state index contributed by atoms with van der Waals surface area (Å²) in [6.07, 6.45) is 0. The van der Waals surface area contributed by atoms with Crippen LogP contribution in [0, 0.1) is 13.8 Å². The first-order valence-electron chi connectivity index (χ1n) is 9.27. The third-order valence-electron chi connectivity index (χ3n) is 4.52. The average Bonchev–Trinajstić information content (AvgIpc) is 3.01. The molecule has 0 bridgehead atoms. The Hall–Kier alpha value is -3.12. The normalized spacial score (nSPS) is 11.7. The van der Waals surface area contributed by atoms with Gasteiger partial charge in [0.15, 0.2) is 6.04 Å². The molecule has 3 rings (SSSR count). The van der Waals surface area contributed by atoms with E-state index < -0.39 is 17.9 Å². The highest BCUT2D eigenvalue weighted by Gasteiger charge is 2.30. The number of hydrogen-bond acceptors (Lipinski definition) is 4. The standard InChI is InChI=1S/C22H22ClN3O3/c1-4-29-22(28)20(24-21(27)16-9-8-10-17(23)13-16)19-14(2)25-26(15(19)3)18-11-6-5-7-12-18/h5-13,20H,4H2,1-3H3,(H,24,27)/t20-/m1/s1. The number of nitrogens with one attached hydrogen (secondary N) is 1. The quantitative estimate of drug-likeness (QED) is 0.617. The van der Waals surface area contributed by atoms with Crippen LogP contribution in [0.5, 0.6) is 0 Å². The molecule has 0 saturated carbocycles. The molecular weight excluding hydrogens is 390 g/mol. The summed E-state index contributed by atoms with van der Waals surface area (Å²) in [5.41, 5.74) is 3.22. The molecule has 1 aromatic heterocycles. The molecule has 3 aromatic rings. The molecular formula is C22H22ClN3O3. The number of carbonyl (C=O) groups excluding carboxylic acids is 2. The summed E-state index contributed by atoms with van der Waals surface area (Å²) in [6.45, 7) is 5.59. The van der Waals surface area contributed by atoms with Gasteiger partial charge >= 0.3 is 5.97 Å². The van der Waals surface area contributed by atoms with Crippen LogP contribution in [0.4, 0.5) is 0 Å². The van der Waals surface area contributed by atoms with Gasteiger partial charge in [-0.05, 0) is 51.1 Å². The second-order valence-corrected chi connectivity index (χ2v) is 6.94. The zero-order chi connectivity index (χ0) is 21.0. The molecule has 0 aliphatic heterocycles. The van der Waals surface area contributed by atoms with Crippen LogP contribution in [0.25, 0.3) is 5.69 Å². The Kier molecular flexibility index (Phi) is 6.34. The number of nitrogens with zero attached hydrogens (tertiary/aromatic N) is 2. The summed E-state index contributed by atoms with van der Waals surface area (Å²) < 4.78 is 6.98. The van der Waals surface area contributed by atoms with E-state index in [1.807, 2.05) is 37.3 Å². The van der Waals surface area contributed by atoms with Crippen LogP contribution < -0.4 is 5.32 Å². The minimum atomic E-state index is -0.987. The molecule has 1 heterocycles. The molecule has 0 saturated heterocycles. The molecule has 1 atom stereocenters. The zero-order valence-corrected chi connectivity index (χ0v) is 17.2. The summed E-state index contributed by atoms with van der Waals surface area (Å²) in [4.78, 5) is 25.5. The van der Waals surface area contributed by atoms with Crippen LogP contribution in [0.2, 0.25) is 5.02 Å². The molecule has 0 aliphatic carbocycles. The molecule has 0 unspecified atom stereocenters. The van der Waals surface area contributed by atoms with Crippen LogP contribution in [0.15, 0.2) is 54.6 Å². The Morgan fingerprint density at radius 3 is 2.52 bits per heavy atom. The number of aryl methyl sites for hydroxylation is 1. The maximum atomic E-state index is 12.8. The monoisotopic (exact) mass is 411 g/mol. The number of esters is 1. The predicted molar refractivity (Wildman–Crippen MR) is 111 cm³/mol. The number of ether oxygens (including phenoxy) is 1. The van der Waals surface area contributed by atoms with Crippen molar-refractivity contribution in [1.82, 2.24) is 15.1 Å². The number of hydrogen-bond donors (Lipinski definition) is 1. The fourth-order valence-corrected chi connectivity index (χ4v) is 3.40. The van der Waals surface area contributed by atoms with Gasteiger partial charge in [0.2, 0.25) is 0 Å². The molecule has 7 heteroatoms. The van der Waals surface area contributed by atoms with Crippen molar-refractivity contribution in [3.63, 3.8) is 0 Å². The molecule has 2 aromatic carbocycles. The summed E-state index contributed by atoms with van der Waals surface area (Å²) in [5, 5.41) is 7.80. The Morgan fingerprint density at radius 1 is 1.14 bits per heavy atom. The highest BCUT2D eigenvalue weighted by atomic mass is 35.5. The van der Waals surface area contributed by atoms with Crippen LogP contribution in [-0.4, -0.2) is 28.3 Å². The van der Waals surface area contributed by atoms with E-state index in [1.165, 1.54) is 0 Å². The van der Waals surface area contributed by atoms with Gasteiger partial charge < -0.3 is 10.1 Å². The van der Waals surface area contributed by atoms with Crippen molar-refractivity contribution in [2.24, 2.45) is 0 Å². The number of halogens is 1. The topological polar surface area (TPSA) is 73.2 Å².